The smallest absolute Gasteiger partial charge is 0.335 e. The molecule has 0 saturated carbocycles. The predicted octanol–water partition coefficient (Wildman–Crippen LogP) is 1.33. The Morgan fingerprint density at radius 3 is 2.47 bits per heavy atom. The van der Waals surface area contributed by atoms with Gasteiger partial charge in [0, 0.05) is 13.6 Å². The Bertz CT molecular complexity index is 536. The van der Waals surface area contributed by atoms with E-state index in [4.69, 9.17) is 5.11 Å². The van der Waals surface area contributed by atoms with E-state index in [1.807, 2.05) is 0 Å². The molecule has 0 atom stereocenters. The molecule has 0 aromatic heterocycles. The lowest BCUT2D eigenvalue weighted by Crippen LogP contribution is -2.26. The lowest BCUT2D eigenvalue weighted by molar-refractivity contribution is 0.0696. The van der Waals surface area contributed by atoms with Crippen LogP contribution >= 0.6 is 0 Å². The summed E-state index contributed by atoms with van der Waals surface area (Å²) in [4.78, 5) is 10.9. The number of sulfonamides is 1. The zero-order chi connectivity index (χ0) is 13.2. The molecular formula is C11H15NO4S. The highest BCUT2D eigenvalue weighted by atomic mass is 32.2. The first-order valence-electron chi connectivity index (χ1n) is 5.11. The normalized spacial score (nSPS) is 11.8. The number of carbonyl (C=O) groups is 1. The Morgan fingerprint density at radius 2 is 2.00 bits per heavy atom. The maximum absolute atomic E-state index is 12.0. The third-order valence-electron chi connectivity index (χ3n) is 2.59. The molecule has 0 aliphatic rings. The van der Waals surface area contributed by atoms with E-state index in [0.29, 0.717) is 12.1 Å². The zero-order valence-corrected chi connectivity index (χ0v) is 10.8. The number of hydrogen-bond acceptors (Lipinski definition) is 3. The van der Waals surface area contributed by atoms with Gasteiger partial charge < -0.3 is 5.11 Å². The Labute approximate surface area is 101 Å². The summed E-state index contributed by atoms with van der Waals surface area (Å²) in [7, 11) is -2.14. The van der Waals surface area contributed by atoms with Crippen LogP contribution in [0, 0.1) is 6.92 Å². The molecule has 0 fully saturated rings. The lowest BCUT2D eigenvalue weighted by atomic mass is 10.1. The van der Waals surface area contributed by atoms with Crippen molar-refractivity contribution in [2.45, 2.75) is 18.7 Å². The Morgan fingerprint density at radius 1 is 1.41 bits per heavy atom. The number of rotatable bonds is 4. The standard InChI is InChI=1S/C11H15NO4S/c1-4-12(3)17(15,16)9-6-5-8(2)10(7-9)11(13)14/h5-7H,4H2,1-3H3,(H,13,14). The van der Waals surface area contributed by atoms with Gasteiger partial charge in [-0.15, -0.1) is 0 Å². The van der Waals surface area contributed by atoms with E-state index in [-0.39, 0.29) is 10.5 Å². The van der Waals surface area contributed by atoms with E-state index in [1.54, 1.807) is 13.8 Å². The number of carboxylic acid groups (broad SMARTS) is 1. The second-order valence-electron chi connectivity index (χ2n) is 3.70. The monoisotopic (exact) mass is 257 g/mol. The van der Waals surface area contributed by atoms with Crippen LogP contribution in [0.2, 0.25) is 0 Å². The van der Waals surface area contributed by atoms with E-state index in [2.05, 4.69) is 0 Å². The maximum atomic E-state index is 12.0. The zero-order valence-electron chi connectivity index (χ0n) is 9.97. The number of carboxylic acids is 1. The molecule has 0 aliphatic heterocycles. The summed E-state index contributed by atoms with van der Waals surface area (Å²) in [5.74, 6) is -1.13. The van der Waals surface area contributed by atoms with Gasteiger partial charge in [-0.25, -0.2) is 17.5 Å². The lowest BCUT2D eigenvalue weighted by Gasteiger charge is -2.15. The van der Waals surface area contributed by atoms with E-state index in [1.165, 1.54) is 29.6 Å². The minimum atomic E-state index is -3.59. The van der Waals surface area contributed by atoms with E-state index >= 15 is 0 Å². The molecule has 0 amide bonds. The molecule has 0 unspecified atom stereocenters. The van der Waals surface area contributed by atoms with Gasteiger partial charge in [-0.3, -0.25) is 0 Å². The second kappa shape index (κ2) is 4.85. The van der Waals surface area contributed by atoms with Crippen LogP contribution < -0.4 is 0 Å². The first kappa shape index (κ1) is 13.7. The first-order valence-corrected chi connectivity index (χ1v) is 6.55. The van der Waals surface area contributed by atoms with Crippen LogP contribution in [0.5, 0.6) is 0 Å². The van der Waals surface area contributed by atoms with Crippen molar-refractivity contribution in [3.63, 3.8) is 0 Å². The van der Waals surface area contributed by atoms with Crippen LogP contribution in [0.15, 0.2) is 23.1 Å². The largest absolute Gasteiger partial charge is 0.478 e. The van der Waals surface area contributed by atoms with E-state index in [9.17, 15) is 13.2 Å². The third-order valence-corrected chi connectivity index (χ3v) is 4.52. The van der Waals surface area contributed by atoms with Gasteiger partial charge in [0.1, 0.15) is 0 Å². The summed E-state index contributed by atoms with van der Waals surface area (Å²) in [6.45, 7) is 3.67. The highest BCUT2D eigenvalue weighted by Gasteiger charge is 2.21. The fourth-order valence-electron chi connectivity index (χ4n) is 1.34. The van der Waals surface area contributed by atoms with Crippen LogP contribution in [0.25, 0.3) is 0 Å². The topological polar surface area (TPSA) is 74.7 Å². The maximum Gasteiger partial charge on any atom is 0.335 e. The summed E-state index contributed by atoms with van der Waals surface area (Å²) in [6, 6.07) is 4.11. The molecule has 0 bridgehead atoms. The summed E-state index contributed by atoms with van der Waals surface area (Å²) in [5, 5.41) is 8.94. The molecule has 1 N–H and O–H groups in total. The number of aryl methyl sites for hydroxylation is 1. The average molecular weight is 257 g/mol. The van der Waals surface area contributed by atoms with Gasteiger partial charge >= 0.3 is 5.97 Å². The summed E-state index contributed by atoms with van der Waals surface area (Å²) < 4.78 is 25.1. The van der Waals surface area contributed by atoms with Gasteiger partial charge in [0.15, 0.2) is 0 Å². The van der Waals surface area contributed by atoms with Gasteiger partial charge in [0.05, 0.1) is 10.5 Å². The Balaban J connectivity index is 3.35. The van der Waals surface area contributed by atoms with Crippen LogP contribution in [0.4, 0.5) is 0 Å². The molecule has 0 spiro atoms. The van der Waals surface area contributed by atoms with Crippen LogP contribution in [-0.2, 0) is 10.0 Å². The van der Waals surface area contributed by atoms with Crippen LogP contribution in [0.1, 0.15) is 22.8 Å². The van der Waals surface area contributed by atoms with Gasteiger partial charge in [-0.05, 0) is 24.6 Å². The molecule has 0 radical (unpaired) electrons. The van der Waals surface area contributed by atoms with Gasteiger partial charge in [0.25, 0.3) is 0 Å². The first-order chi connectivity index (χ1) is 7.80. The summed E-state index contributed by atoms with van der Waals surface area (Å²) in [5.41, 5.74) is 0.547. The van der Waals surface area contributed by atoms with Crippen molar-refractivity contribution in [2.75, 3.05) is 13.6 Å². The van der Waals surface area contributed by atoms with Crippen molar-refractivity contribution in [1.82, 2.24) is 4.31 Å². The molecule has 17 heavy (non-hydrogen) atoms. The van der Waals surface area contributed by atoms with Crippen molar-refractivity contribution in [3.8, 4) is 0 Å². The van der Waals surface area contributed by atoms with E-state index < -0.39 is 16.0 Å². The van der Waals surface area contributed by atoms with Gasteiger partial charge in [-0.2, -0.15) is 0 Å². The average Bonchev–Trinajstić information content (AvgIpc) is 2.27. The molecule has 0 saturated heterocycles. The number of benzene rings is 1. The minimum Gasteiger partial charge on any atom is -0.478 e. The molecule has 6 heteroatoms. The summed E-state index contributed by atoms with van der Waals surface area (Å²) in [6.07, 6.45) is 0. The quantitative estimate of drug-likeness (QED) is 0.883. The molecule has 5 nitrogen and oxygen atoms in total. The van der Waals surface area contributed by atoms with Crippen LogP contribution in [-0.4, -0.2) is 37.4 Å². The fraction of sp³-hybridized carbons (Fsp3) is 0.364. The number of aromatic carboxylic acids is 1. The number of hydrogen-bond donors (Lipinski definition) is 1. The molecule has 1 aromatic carbocycles. The highest BCUT2D eigenvalue weighted by molar-refractivity contribution is 7.89. The predicted molar refractivity (Wildman–Crippen MR) is 63.6 cm³/mol. The van der Waals surface area contributed by atoms with E-state index in [0.717, 1.165) is 0 Å². The molecule has 0 heterocycles. The van der Waals surface area contributed by atoms with Crippen molar-refractivity contribution >= 4 is 16.0 Å². The van der Waals surface area contributed by atoms with Crippen molar-refractivity contribution in [3.05, 3.63) is 29.3 Å². The van der Waals surface area contributed by atoms with Gasteiger partial charge in [-0.1, -0.05) is 13.0 Å². The van der Waals surface area contributed by atoms with Crippen molar-refractivity contribution < 1.29 is 18.3 Å². The third kappa shape index (κ3) is 2.65. The number of nitrogens with zero attached hydrogens (tertiary/aromatic N) is 1. The molecule has 1 rings (SSSR count). The Kier molecular flexibility index (Phi) is 3.90. The Hall–Kier alpha value is -1.40. The molecular weight excluding hydrogens is 242 g/mol. The van der Waals surface area contributed by atoms with Crippen molar-refractivity contribution in [2.24, 2.45) is 0 Å². The minimum absolute atomic E-state index is 0.00449. The summed E-state index contributed by atoms with van der Waals surface area (Å²) >= 11 is 0. The SMILES string of the molecule is CCN(C)S(=O)(=O)c1ccc(C)c(C(=O)O)c1. The highest BCUT2D eigenvalue weighted by Crippen LogP contribution is 2.18. The van der Waals surface area contributed by atoms with Crippen LogP contribution in [0.3, 0.4) is 0 Å². The van der Waals surface area contributed by atoms with Gasteiger partial charge in [0.2, 0.25) is 10.0 Å². The van der Waals surface area contributed by atoms with Crippen molar-refractivity contribution in [1.29, 1.82) is 0 Å². The fourth-order valence-corrected chi connectivity index (χ4v) is 2.55. The molecule has 1 aromatic rings. The molecule has 94 valence electrons. The molecule has 0 aliphatic carbocycles. The second-order valence-corrected chi connectivity index (χ2v) is 5.75.